The zero-order valence-electron chi connectivity index (χ0n) is 11.5. The first kappa shape index (κ1) is 14.0. The number of anilines is 1. The van der Waals surface area contributed by atoms with Gasteiger partial charge in [-0.15, -0.1) is 0 Å². The molecule has 1 heterocycles. The molecule has 0 saturated carbocycles. The lowest BCUT2D eigenvalue weighted by molar-refractivity contribution is 0.0602. The molecule has 20 heavy (non-hydrogen) atoms. The number of nitrogens with zero attached hydrogens (tertiary/aromatic N) is 1. The number of halogens is 1. The fourth-order valence-electron chi connectivity index (χ4n) is 1.89. The zero-order valence-corrected chi connectivity index (χ0v) is 11.5. The molecule has 0 bridgehead atoms. The Labute approximate surface area is 115 Å². The third kappa shape index (κ3) is 2.79. The summed E-state index contributed by atoms with van der Waals surface area (Å²) in [6, 6.07) is 3.86. The van der Waals surface area contributed by atoms with Crippen molar-refractivity contribution < 1.29 is 18.4 Å². The number of aryl methyl sites for hydroxylation is 2. The largest absolute Gasteiger partial charge is 0.465 e. The van der Waals surface area contributed by atoms with Crippen molar-refractivity contribution in [1.82, 2.24) is 5.16 Å². The first-order valence-electron chi connectivity index (χ1n) is 6.06. The molecule has 5 nitrogen and oxygen atoms in total. The SMILES string of the molecule is COC(=O)c1ccc(F)cc1NCc1c(C)noc1C. The quantitative estimate of drug-likeness (QED) is 0.871. The van der Waals surface area contributed by atoms with Crippen molar-refractivity contribution >= 4 is 11.7 Å². The Bertz CT molecular complexity index is 618. The molecule has 2 aromatic rings. The number of benzene rings is 1. The van der Waals surface area contributed by atoms with Crippen LogP contribution in [-0.2, 0) is 11.3 Å². The number of nitrogens with one attached hydrogen (secondary N) is 1. The van der Waals surface area contributed by atoms with Crippen LogP contribution in [0.3, 0.4) is 0 Å². The van der Waals surface area contributed by atoms with Gasteiger partial charge in [0.15, 0.2) is 0 Å². The second kappa shape index (κ2) is 5.73. The van der Waals surface area contributed by atoms with Crippen molar-refractivity contribution in [2.24, 2.45) is 0 Å². The van der Waals surface area contributed by atoms with E-state index in [4.69, 9.17) is 4.52 Å². The lowest BCUT2D eigenvalue weighted by Crippen LogP contribution is -2.09. The summed E-state index contributed by atoms with van der Waals surface area (Å²) in [6.07, 6.45) is 0. The van der Waals surface area contributed by atoms with E-state index in [1.165, 1.54) is 25.3 Å². The number of esters is 1. The van der Waals surface area contributed by atoms with Crippen LogP contribution in [-0.4, -0.2) is 18.2 Å². The van der Waals surface area contributed by atoms with Crippen molar-refractivity contribution in [3.63, 3.8) is 0 Å². The Morgan fingerprint density at radius 2 is 2.20 bits per heavy atom. The van der Waals surface area contributed by atoms with Gasteiger partial charge in [-0.1, -0.05) is 5.16 Å². The van der Waals surface area contributed by atoms with Gasteiger partial charge < -0.3 is 14.6 Å². The summed E-state index contributed by atoms with van der Waals surface area (Å²) in [7, 11) is 1.28. The van der Waals surface area contributed by atoms with Gasteiger partial charge in [0.1, 0.15) is 11.6 Å². The normalized spacial score (nSPS) is 10.4. The molecule has 2 rings (SSSR count). The number of carbonyl (C=O) groups is 1. The maximum atomic E-state index is 13.3. The van der Waals surface area contributed by atoms with E-state index in [0.717, 1.165) is 11.3 Å². The smallest absolute Gasteiger partial charge is 0.339 e. The molecule has 1 aromatic heterocycles. The summed E-state index contributed by atoms with van der Waals surface area (Å²) in [4.78, 5) is 11.6. The summed E-state index contributed by atoms with van der Waals surface area (Å²) in [6.45, 7) is 4.00. The minimum Gasteiger partial charge on any atom is -0.465 e. The van der Waals surface area contributed by atoms with Crippen LogP contribution in [0.15, 0.2) is 22.7 Å². The van der Waals surface area contributed by atoms with Crippen LogP contribution in [0.25, 0.3) is 0 Å². The first-order chi connectivity index (χ1) is 9.52. The second-order valence-corrected chi connectivity index (χ2v) is 4.34. The minimum absolute atomic E-state index is 0.278. The van der Waals surface area contributed by atoms with E-state index in [-0.39, 0.29) is 5.56 Å². The van der Waals surface area contributed by atoms with Crippen LogP contribution in [0.4, 0.5) is 10.1 Å². The second-order valence-electron chi connectivity index (χ2n) is 4.34. The van der Waals surface area contributed by atoms with E-state index in [0.29, 0.717) is 18.0 Å². The molecule has 0 saturated heterocycles. The van der Waals surface area contributed by atoms with E-state index < -0.39 is 11.8 Å². The minimum atomic E-state index is -0.522. The van der Waals surface area contributed by atoms with Crippen LogP contribution >= 0.6 is 0 Å². The molecule has 0 aliphatic rings. The molecular weight excluding hydrogens is 263 g/mol. The van der Waals surface area contributed by atoms with Crippen LogP contribution in [0.5, 0.6) is 0 Å². The Morgan fingerprint density at radius 3 is 2.80 bits per heavy atom. The fourth-order valence-corrected chi connectivity index (χ4v) is 1.89. The van der Waals surface area contributed by atoms with Gasteiger partial charge in [0.25, 0.3) is 0 Å². The van der Waals surface area contributed by atoms with Crippen molar-refractivity contribution in [2.45, 2.75) is 20.4 Å². The predicted octanol–water partition coefficient (Wildman–Crippen LogP) is 2.83. The fraction of sp³-hybridized carbons (Fsp3) is 0.286. The van der Waals surface area contributed by atoms with Crippen LogP contribution in [0, 0.1) is 19.7 Å². The predicted molar refractivity (Wildman–Crippen MR) is 71.0 cm³/mol. The maximum absolute atomic E-state index is 13.3. The Hall–Kier alpha value is -2.37. The first-order valence-corrected chi connectivity index (χ1v) is 6.06. The zero-order chi connectivity index (χ0) is 14.7. The average Bonchev–Trinajstić information content (AvgIpc) is 2.75. The van der Waals surface area contributed by atoms with E-state index in [1.54, 1.807) is 6.92 Å². The van der Waals surface area contributed by atoms with Crippen molar-refractivity contribution in [3.05, 3.63) is 46.6 Å². The van der Waals surface area contributed by atoms with E-state index >= 15 is 0 Å². The highest BCUT2D eigenvalue weighted by Crippen LogP contribution is 2.21. The maximum Gasteiger partial charge on any atom is 0.339 e. The topological polar surface area (TPSA) is 64.4 Å². The van der Waals surface area contributed by atoms with Crippen LogP contribution in [0.2, 0.25) is 0 Å². The van der Waals surface area contributed by atoms with Gasteiger partial charge in [-0.05, 0) is 32.0 Å². The Morgan fingerprint density at radius 1 is 1.45 bits per heavy atom. The molecule has 106 valence electrons. The van der Waals surface area contributed by atoms with Gasteiger partial charge in [0.2, 0.25) is 0 Å². The summed E-state index contributed by atoms with van der Waals surface area (Å²) in [5, 5.41) is 6.85. The molecule has 0 radical (unpaired) electrons. The number of hydrogen-bond acceptors (Lipinski definition) is 5. The molecular formula is C14H15FN2O3. The van der Waals surface area contributed by atoms with Crippen molar-refractivity contribution in [3.8, 4) is 0 Å². The third-order valence-electron chi connectivity index (χ3n) is 3.02. The number of methoxy groups -OCH3 is 1. The van der Waals surface area contributed by atoms with E-state index in [2.05, 4.69) is 15.2 Å². The van der Waals surface area contributed by atoms with Crippen molar-refractivity contribution in [2.75, 3.05) is 12.4 Å². The highest BCUT2D eigenvalue weighted by molar-refractivity contribution is 5.95. The van der Waals surface area contributed by atoms with Gasteiger partial charge in [-0.2, -0.15) is 0 Å². The number of aromatic nitrogens is 1. The molecule has 1 N–H and O–H groups in total. The molecule has 6 heteroatoms. The van der Waals surface area contributed by atoms with E-state index in [9.17, 15) is 9.18 Å². The standard InChI is InChI=1S/C14H15FN2O3/c1-8-12(9(2)20-17-8)7-16-13-6-10(15)4-5-11(13)14(18)19-3/h4-6,16H,7H2,1-3H3. The Balaban J connectivity index is 2.24. The number of hydrogen-bond donors (Lipinski definition) is 1. The molecule has 0 unspecified atom stereocenters. The van der Waals surface area contributed by atoms with Crippen LogP contribution < -0.4 is 5.32 Å². The van der Waals surface area contributed by atoms with Crippen molar-refractivity contribution in [1.29, 1.82) is 0 Å². The molecule has 0 aliphatic carbocycles. The third-order valence-corrected chi connectivity index (χ3v) is 3.02. The number of ether oxygens (including phenoxy) is 1. The van der Waals surface area contributed by atoms with E-state index in [1.807, 2.05) is 6.92 Å². The molecule has 0 atom stereocenters. The lowest BCUT2D eigenvalue weighted by Gasteiger charge is -2.10. The van der Waals surface area contributed by atoms with Gasteiger partial charge in [0, 0.05) is 12.1 Å². The Kier molecular flexibility index (Phi) is 4.02. The molecule has 0 fully saturated rings. The molecule has 0 aliphatic heterocycles. The van der Waals surface area contributed by atoms with Gasteiger partial charge in [-0.25, -0.2) is 9.18 Å². The molecule has 0 spiro atoms. The monoisotopic (exact) mass is 278 g/mol. The number of rotatable bonds is 4. The summed E-state index contributed by atoms with van der Waals surface area (Å²) in [5.41, 5.74) is 2.29. The lowest BCUT2D eigenvalue weighted by atomic mass is 10.1. The highest BCUT2D eigenvalue weighted by atomic mass is 19.1. The van der Waals surface area contributed by atoms with Gasteiger partial charge in [-0.3, -0.25) is 0 Å². The molecule has 0 amide bonds. The summed E-state index contributed by atoms with van der Waals surface area (Å²) < 4.78 is 23.0. The summed E-state index contributed by atoms with van der Waals surface area (Å²) >= 11 is 0. The summed E-state index contributed by atoms with van der Waals surface area (Å²) in [5.74, 6) is -0.267. The molecule has 1 aromatic carbocycles. The highest BCUT2D eigenvalue weighted by Gasteiger charge is 2.14. The number of carbonyl (C=O) groups excluding carboxylic acids is 1. The van der Waals surface area contributed by atoms with Gasteiger partial charge in [0.05, 0.1) is 24.1 Å². The van der Waals surface area contributed by atoms with Gasteiger partial charge >= 0.3 is 5.97 Å². The average molecular weight is 278 g/mol. The van der Waals surface area contributed by atoms with Crippen LogP contribution in [0.1, 0.15) is 27.4 Å².